The molecule has 0 aliphatic carbocycles. The number of rotatable bonds is 2. The minimum absolute atomic E-state index is 0.790. The van der Waals surface area contributed by atoms with Gasteiger partial charge in [-0.2, -0.15) is 0 Å². The fraction of sp³-hybridized carbons (Fsp3) is 0.0500. The number of hydrogen-bond acceptors (Lipinski definition) is 2. The summed E-state index contributed by atoms with van der Waals surface area (Å²) in [6, 6.07) is 43.5. The Bertz CT molecular complexity index is 2360. The number of nitrogens with two attached hydrogens (primary N) is 2. The van der Waals surface area contributed by atoms with Crippen LogP contribution < -0.4 is 11.5 Å². The Morgan fingerprint density at radius 1 is 0.405 bits per heavy atom. The van der Waals surface area contributed by atoms with Gasteiger partial charge in [-0.25, -0.2) is 0 Å². The molecule has 0 aliphatic rings. The predicted molar refractivity (Wildman–Crippen MR) is 183 cm³/mol. The molecule has 0 heterocycles. The Morgan fingerprint density at radius 2 is 0.929 bits per heavy atom. The minimum atomic E-state index is 0.790. The summed E-state index contributed by atoms with van der Waals surface area (Å²) < 4.78 is 0. The number of nitrogen functional groups attached to an aromatic ring is 2. The summed E-state index contributed by atoms with van der Waals surface area (Å²) in [4.78, 5) is 0. The standard InChI is InChI=1S/C40H30N2/c1-23-14-18-25(19-15-23)27-12-7-13-31-33-22-34(41)28-8-3-4-9-29(28)37(33)38-30-10-5-6-11-32(30)40(42)35(39(38)36(27)31)26-20-16-24(2)17-21-26/h3-22H,41-42H2,1-2H3. The van der Waals surface area contributed by atoms with E-state index in [1.807, 2.05) is 0 Å². The van der Waals surface area contributed by atoms with Crippen molar-refractivity contribution in [2.75, 3.05) is 11.5 Å². The van der Waals surface area contributed by atoms with Crippen molar-refractivity contribution in [1.82, 2.24) is 0 Å². The molecular weight excluding hydrogens is 508 g/mol. The van der Waals surface area contributed by atoms with E-state index in [0.717, 1.165) is 49.4 Å². The summed E-state index contributed by atoms with van der Waals surface area (Å²) in [5.74, 6) is 0. The predicted octanol–water partition coefficient (Wildman–Crippen LogP) is 10.6. The van der Waals surface area contributed by atoms with Gasteiger partial charge in [-0.1, -0.05) is 126 Å². The van der Waals surface area contributed by atoms with Gasteiger partial charge in [0.15, 0.2) is 0 Å². The van der Waals surface area contributed by atoms with E-state index >= 15 is 0 Å². The fourth-order valence-electron chi connectivity index (χ4n) is 6.90. The molecule has 42 heavy (non-hydrogen) atoms. The number of fused-ring (bicyclic) bond motifs is 10. The molecule has 8 aromatic rings. The van der Waals surface area contributed by atoms with E-state index in [4.69, 9.17) is 11.5 Å². The summed E-state index contributed by atoms with van der Waals surface area (Å²) in [5.41, 5.74) is 22.6. The van der Waals surface area contributed by atoms with Crippen molar-refractivity contribution in [3.05, 3.63) is 132 Å². The zero-order chi connectivity index (χ0) is 28.5. The van der Waals surface area contributed by atoms with Gasteiger partial charge in [0, 0.05) is 33.1 Å². The molecule has 2 heteroatoms. The van der Waals surface area contributed by atoms with Crippen LogP contribution in [0.15, 0.2) is 121 Å². The zero-order valence-corrected chi connectivity index (χ0v) is 23.7. The van der Waals surface area contributed by atoms with Gasteiger partial charge in [-0.15, -0.1) is 0 Å². The number of aryl methyl sites for hydroxylation is 2. The first-order chi connectivity index (χ1) is 20.5. The molecule has 8 rings (SSSR count). The van der Waals surface area contributed by atoms with Gasteiger partial charge in [0.25, 0.3) is 0 Å². The second-order valence-electron chi connectivity index (χ2n) is 11.5. The normalized spacial score (nSPS) is 11.8. The van der Waals surface area contributed by atoms with Crippen LogP contribution in [0.2, 0.25) is 0 Å². The molecule has 0 fully saturated rings. The SMILES string of the molecule is Cc1ccc(-c2cccc3c4cc(N)c5ccccc5c4c4c5ccccc5c(N)c(-c5ccc(C)cc5)c4c23)cc1. The Kier molecular flexibility index (Phi) is 5.29. The lowest BCUT2D eigenvalue weighted by atomic mass is 9.81. The van der Waals surface area contributed by atoms with E-state index in [-0.39, 0.29) is 0 Å². The third kappa shape index (κ3) is 3.45. The summed E-state index contributed by atoms with van der Waals surface area (Å²) in [6.07, 6.45) is 0. The smallest absolute Gasteiger partial charge is 0.0480 e. The highest BCUT2D eigenvalue weighted by Crippen LogP contribution is 2.51. The quantitative estimate of drug-likeness (QED) is 0.170. The van der Waals surface area contributed by atoms with Crippen LogP contribution in [-0.2, 0) is 0 Å². The zero-order valence-electron chi connectivity index (χ0n) is 23.7. The van der Waals surface area contributed by atoms with E-state index in [9.17, 15) is 0 Å². The summed E-state index contributed by atoms with van der Waals surface area (Å²) in [7, 11) is 0. The van der Waals surface area contributed by atoms with Gasteiger partial charge in [-0.05, 0) is 74.3 Å². The van der Waals surface area contributed by atoms with Crippen LogP contribution in [0.25, 0.3) is 76.1 Å². The lowest BCUT2D eigenvalue weighted by Gasteiger charge is -2.22. The maximum Gasteiger partial charge on any atom is 0.0480 e. The van der Waals surface area contributed by atoms with Crippen LogP contribution in [0.1, 0.15) is 11.1 Å². The van der Waals surface area contributed by atoms with Gasteiger partial charge >= 0.3 is 0 Å². The molecular formula is C40H30N2. The molecule has 0 amide bonds. The van der Waals surface area contributed by atoms with Crippen LogP contribution in [0.3, 0.4) is 0 Å². The molecule has 0 saturated carbocycles. The molecule has 200 valence electrons. The van der Waals surface area contributed by atoms with Gasteiger partial charge in [0.2, 0.25) is 0 Å². The third-order valence-electron chi connectivity index (χ3n) is 8.89. The molecule has 8 aromatic carbocycles. The third-order valence-corrected chi connectivity index (χ3v) is 8.89. The van der Waals surface area contributed by atoms with Crippen LogP contribution >= 0.6 is 0 Å². The molecule has 0 saturated heterocycles. The molecule has 0 spiro atoms. The van der Waals surface area contributed by atoms with Crippen LogP contribution in [-0.4, -0.2) is 0 Å². The van der Waals surface area contributed by atoms with Crippen LogP contribution in [0.4, 0.5) is 11.4 Å². The van der Waals surface area contributed by atoms with Crippen LogP contribution in [0, 0.1) is 13.8 Å². The van der Waals surface area contributed by atoms with E-state index in [0.29, 0.717) is 0 Å². The number of benzene rings is 8. The second-order valence-corrected chi connectivity index (χ2v) is 11.5. The Balaban J connectivity index is 1.76. The number of hydrogen-bond donors (Lipinski definition) is 2. The van der Waals surface area contributed by atoms with Crippen LogP contribution in [0.5, 0.6) is 0 Å². The lowest BCUT2D eigenvalue weighted by molar-refractivity contribution is 1.47. The van der Waals surface area contributed by atoms with Gasteiger partial charge in [0.05, 0.1) is 0 Å². The molecule has 0 atom stereocenters. The molecule has 0 aliphatic heterocycles. The highest BCUT2D eigenvalue weighted by molar-refractivity contribution is 6.42. The fourth-order valence-corrected chi connectivity index (χ4v) is 6.90. The average Bonchev–Trinajstić information content (AvgIpc) is 3.02. The van der Waals surface area contributed by atoms with Gasteiger partial charge in [0.1, 0.15) is 0 Å². The highest BCUT2D eigenvalue weighted by atomic mass is 14.6. The lowest BCUT2D eigenvalue weighted by Crippen LogP contribution is -1.98. The maximum absolute atomic E-state index is 7.22. The van der Waals surface area contributed by atoms with Gasteiger partial charge in [-0.3, -0.25) is 0 Å². The van der Waals surface area contributed by atoms with Crippen molar-refractivity contribution in [2.45, 2.75) is 13.8 Å². The topological polar surface area (TPSA) is 52.0 Å². The molecule has 0 bridgehead atoms. The van der Waals surface area contributed by atoms with Gasteiger partial charge < -0.3 is 11.5 Å². The van der Waals surface area contributed by atoms with E-state index in [2.05, 4.69) is 135 Å². The summed E-state index contributed by atoms with van der Waals surface area (Å²) >= 11 is 0. The van der Waals surface area contributed by atoms with E-state index < -0.39 is 0 Å². The van der Waals surface area contributed by atoms with Crippen molar-refractivity contribution in [3.63, 3.8) is 0 Å². The molecule has 0 aromatic heterocycles. The largest absolute Gasteiger partial charge is 0.398 e. The Hall–Kier alpha value is -5.34. The summed E-state index contributed by atoms with van der Waals surface area (Å²) in [6.45, 7) is 4.26. The van der Waals surface area contributed by atoms with Crippen molar-refractivity contribution in [1.29, 1.82) is 0 Å². The first-order valence-electron chi connectivity index (χ1n) is 14.4. The van der Waals surface area contributed by atoms with E-state index in [1.54, 1.807) is 0 Å². The molecule has 0 unspecified atom stereocenters. The molecule has 0 radical (unpaired) electrons. The van der Waals surface area contributed by atoms with Crippen molar-refractivity contribution in [3.8, 4) is 22.3 Å². The summed E-state index contributed by atoms with van der Waals surface area (Å²) in [5, 5.41) is 11.6. The monoisotopic (exact) mass is 538 g/mol. The Labute approximate surface area is 244 Å². The van der Waals surface area contributed by atoms with Crippen molar-refractivity contribution in [2.24, 2.45) is 0 Å². The molecule has 2 nitrogen and oxygen atoms in total. The maximum atomic E-state index is 7.22. The highest BCUT2D eigenvalue weighted by Gasteiger charge is 2.23. The first-order valence-corrected chi connectivity index (χ1v) is 14.4. The minimum Gasteiger partial charge on any atom is -0.398 e. The second kappa shape index (κ2) is 9.09. The first kappa shape index (κ1) is 24.5. The van der Waals surface area contributed by atoms with Crippen molar-refractivity contribution >= 4 is 65.2 Å². The van der Waals surface area contributed by atoms with E-state index in [1.165, 1.54) is 49.2 Å². The average molecular weight is 539 g/mol. The number of anilines is 2. The Morgan fingerprint density at radius 3 is 1.60 bits per heavy atom. The molecule has 4 N–H and O–H groups in total. The van der Waals surface area contributed by atoms with Crippen molar-refractivity contribution < 1.29 is 0 Å².